The van der Waals surface area contributed by atoms with Crippen molar-refractivity contribution in [1.82, 2.24) is 0 Å². The van der Waals surface area contributed by atoms with Crippen LogP contribution in [0.1, 0.15) is 66.7 Å². The van der Waals surface area contributed by atoms with Gasteiger partial charge in [-0.1, -0.05) is 60.9 Å². The van der Waals surface area contributed by atoms with Crippen molar-refractivity contribution in [2.45, 2.75) is 66.7 Å². The molecule has 0 heterocycles. The zero-order chi connectivity index (χ0) is 15.0. The third-order valence-corrected chi connectivity index (χ3v) is 4.27. The molecule has 0 spiro atoms. The van der Waals surface area contributed by atoms with Crippen molar-refractivity contribution < 1.29 is 0 Å². The first-order chi connectivity index (χ1) is 9.49. The lowest BCUT2D eigenvalue weighted by Gasteiger charge is -2.17. The average molecular weight is 272 g/mol. The van der Waals surface area contributed by atoms with Crippen molar-refractivity contribution in [3.05, 3.63) is 47.1 Å². The maximum absolute atomic E-state index is 2.44. The van der Waals surface area contributed by atoms with E-state index in [1.165, 1.54) is 36.8 Å². The van der Waals surface area contributed by atoms with Crippen molar-refractivity contribution in [2.75, 3.05) is 0 Å². The van der Waals surface area contributed by atoms with Crippen LogP contribution < -0.4 is 0 Å². The summed E-state index contributed by atoms with van der Waals surface area (Å²) in [5.41, 5.74) is 4.46. The maximum Gasteiger partial charge on any atom is -0.0161 e. The van der Waals surface area contributed by atoms with Gasteiger partial charge in [-0.05, 0) is 64.7 Å². The Balaban J connectivity index is 2.85. The van der Waals surface area contributed by atoms with E-state index in [0.717, 1.165) is 12.3 Å². The first kappa shape index (κ1) is 17.0. The van der Waals surface area contributed by atoms with Crippen LogP contribution in [0, 0.1) is 11.8 Å². The van der Waals surface area contributed by atoms with E-state index in [1.54, 1.807) is 5.57 Å². The molecular weight excluding hydrogens is 240 g/mol. The molecule has 1 unspecified atom stereocenters. The zero-order valence-corrected chi connectivity index (χ0v) is 14.1. The van der Waals surface area contributed by atoms with Crippen molar-refractivity contribution in [2.24, 2.45) is 11.8 Å². The molecule has 0 bridgehead atoms. The normalized spacial score (nSPS) is 28.1. The molecule has 1 rings (SSSR count). The molecule has 0 saturated heterocycles. The summed E-state index contributed by atoms with van der Waals surface area (Å²) in [5, 5.41) is 0. The Morgan fingerprint density at radius 3 is 2.35 bits per heavy atom. The third kappa shape index (κ3) is 6.93. The van der Waals surface area contributed by atoms with Gasteiger partial charge in [0.15, 0.2) is 0 Å². The molecular formula is C20H32. The lowest BCUT2D eigenvalue weighted by molar-refractivity contribution is 0.435. The lowest BCUT2D eigenvalue weighted by atomic mass is 9.88. The Hall–Kier alpha value is -1.04. The van der Waals surface area contributed by atoms with Gasteiger partial charge >= 0.3 is 0 Å². The smallest absolute Gasteiger partial charge is 0.0161 e. The van der Waals surface area contributed by atoms with Crippen LogP contribution >= 0.6 is 0 Å². The molecule has 0 aromatic carbocycles. The Labute approximate surface area is 126 Å². The summed E-state index contributed by atoms with van der Waals surface area (Å²) in [6.45, 7) is 11.4. The summed E-state index contributed by atoms with van der Waals surface area (Å²) in [5.74, 6) is 1.42. The molecule has 0 saturated carbocycles. The second-order valence-electron chi connectivity index (χ2n) is 6.63. The molecule has 0 aromatic rings. The molecule has 1 atom stereocenters. The molecule has 0 aliphatic heterocycles. The van der Waals surface area contributed by atoms with Crippen LogP contribution in [0.4, 0.5) is 0 Å². The highest BCUT2D eigenvalue weighted by Crippen LogP contribution is 2.23. The highest BCUT2D eigenvalue weighted by molar-refractivity contribution is 5.19. The summed E-state index contributed by atoms with van der Waals surface area (Å²) >= 11 is 0. The van der Waals surface area contributed by atoms with E-state index in [9.17, 15) is 0 Å². The van der Waals surface area contributed by atoms with E-state index in [1.807, 2.05) is 0 Å². The van der Waals surface area contributed by atoms with E-state index in [-0.39, 0.29) is 0 Å². The van der Waals surface area contributed by atoms with E-state index in [2.05, 4.69) is 65.0 Å². The first-order valence-electron chi connectivity index (χ1n) is 8.15. The topological polar surface area (TPSA) is 0 Å². The summed E-state index contributed by atoms with van der Waals surface area (Å²) in [4.78, 5) is 0. The Morgan fingerprint density at radius 1 is 0.950 bits per heavy atom. The van der Waals surface area contributed by atoms with Crippen LogP contribution in [-0.4, -0.2) is 0 Å². The number of hydrogen-bond acceptors (Lipinski definition) is 0. The van der Waals surface area contributed by atoms with Gasteiger partial charge < -0.3 is 0 Å². The molecule has 0 amide bonds. The fraction of sp³-hybridized carbons (Fsp3) is 0.600. The Kier molecular flexibility index (Phi) is 7.65. The van der Waals surface area contributed by atoms with Crippen molar-refractivity contribution in [3.63, 3.8) is 0 Å². The lowest BCUT2D eigenvalue weighted by Crippen LogP contribution is -2.05. The van der Waals surface area contributed by atoms with Gasteiger partial charge in [0.25, 0.3) is 0 Å². The number of rotatable bonds is 1. The summed E-state index contributed by atoms with van der Waals surface area (Å²) < 4.78 is 0. The molecule has 0 fully saturated rings. The fourth-order valence-electron chi connectivity index (χ4n) is 2.59. The monoisotopic (exact) mass is 272 g/mol. The molecule has 0 heteroatoms. The van der Waals surface area contributed by atoms with Gasteiger partial charge in [-0.2, -0.15) is 0 Å². The van der Waals surface area contributed by atoms with Crippen LogP contribution in [0.5, 0.6) is 0 Å². The van der Waals surface area contributed by atoms with Gasteiger partial charge in [-0.15, -0.1) is 0 Å². The van der Waals surface area contributed by atoms with Gasteiger partial charge in [0.1, 0.15) is 0 Å². The summed E-state index contributed by atoms with van der Waals surface area (Å²) in [6, 6.07) is 0. The molecule has 0 radical (unpaired) electrons. The SMILES string of the molecule is CC1=CC/C=C(/C)CC/C=C(/C)CCC(C(C)C)C=C1. The van der Waals surface area contributed by atoms with E-state index in [0.29, 0.717) is 5.92 Å². The molecule has 1 aliphatic rings. The van der Waals surface area contributed by atoms with Gasteiger partial charge in [-0.3, -0.25) is 0 Å². The molecule has 0 nitrogen and oxygen atoms in total. The van der Waals surface area contributed by atoms with Crippen LogP contribution in [-0.2, 0) is 0 Å². The summed E-state index contributed by atoms with van der Waals surface area (Å²) in [6.07, 6.45) is 17.9. The van der Waals surface area contributed by atoms with Crippen LogP contribution in [0.3, 0.4) is 0 Å². The Bertz CT molecular complexity index is 402. The van der Waals surface area contributed by atoms with Crippen molar-refractivity contribution in [3.8, 4) is 0 Å². The quantitative estimate of drug-likeness (QED) is 0.471. The molecule has 0 N–H and O–H groups in total. The standard InChI is InChI=1S/C20H32/c1-16(2)20-14-12-18(4)10-6-8-17(3)9-7-11-19(5)13-15-20/h8,10-12,14,16,20H,6-7,9,13,15H2,1-5H3/b14-12?,17-8-,18-10?,19-11-. The fourth-order valence-corrected chi connectivity index (χ4v) is 2.59. The molecule has 20 heavy (non-hydrogen) atoms. The zero-order valence-electron chi connectivity index (χ0n) is 14.1. The summed E-state index contributed by atoms with van der Waals surface area (Å²) in [7, 11) is 0. The van der Waals surface area contributed by atoms with Crippen LogP contribution in [0.25, 0.3) is 0 Å². The molecule has 112 valence electrons. The van der Waals surface area contributed by atoms with E-state index < -0.39 is 0 Å². The molecule has 0 aromatic heterocycles. The minimum absolute atomic E-state index is 0.696. The average Bonchev–Trinajstić information content (AvgIpc) is 2.37. The van der Waals surface area contributed by atoms with E-state index in [4.69, 9.17) is 0 Å². The van der Waals surface area contributed by atoms with Crippen LogP contribution in [0.2, 0.25) is 0 Å². The predicted molar refractivity (Wildman–Crippen MR) is 91.8 cm³/mol. The number of hydrogen-bond donors (Lipinski definition) is 0. The van der Waals surface area contributed by atoms with Gasteiger partial charge in [0.05, 0.1) is 0 Å². The van der Waals surface area contributed by atoms with Crippen molar-refractivity contribution >= 4 is 0 Å². The van der Waals surface area contributed by atoms with Crippen molar-refractivity contribution in [1.29, 1.82) is 0 Å². The molecule has 1 aliphatic carbocycles. The van der Waals surface area contributed by atoms with Gasteiger partial charge in [0, 0.05) is 0 Å². The minimum atomic E-state index is 0.696. The largest absolute Gasteiger partial charge is 0.0853 e. The second kappa shape index (κ2) is 9.00. The highest BCUT2D eigenvalue weighted by atomic mass is 14.1. The van der Waals surface area contributed by atoms with E-state index >= 15 is 0 Å². The third-order valence-electron chi connectivity index (χ3n) is 4.27. The minimum Gasteiger partial charge on any atom is -0.0853 e. The predicted octanol–water partition coefficient (Wildman–Crippen LogP) is 6.62. The maximum atomic E-state index is 2.44. The van der Waals surface area contributed by atoms with Gasteiger partial charge in [-0.25, -0.2) is 0 Å². The van der Waals surface area contributed by atoms with Gasteiger partial charge in [0.2, 0.25) is 0 Å². The van der Waals surface area contributed by atoms with Crippen LogP contribution in [0.15, 0.2) is 47.1 Å². The number of allylic oxidation sites excluding steroid dienone is 8. The second-order valence-corrected chi connectivity index (χ2v) is 6.63. The highest BCUT2D eigenvalue weighted by Gasteiger charge is 2.09. The Morgan fingerprint density at radius 2 is 1.65 bits per heavy atom. The first-order valence-corrected chi connectivity index (χ1v) is 8.15.